The van der Waals surface area contributed by atoms with Crippen LogP contribution in [-0.2, 0) is 22.6 Å². The van der Waals surface area contributed by atoms with Crippen LogP contribution >= 0.6 is 0 Å². The van der Waals surface area contributed by atoms with Gasteiger partial charge >= 0.3 is 6.09 Å². The lowest BCUT2D eigenvalue weighted by atomic mass is 9.90. The maximum Gasteiger partial charge on any atom is 0.411 e. The first-order valence-electron chi connectivity index (χ1n) is 11.6. The number of nitrogens with one attached hydrogen (secondary N) is 1. The van der Waals surface area contributed by atoms with Crippen molar-refractivity contribution >= 4 is 12.0 Å². The highest BCUT2D eigenvalue weighted by molar-refractivity contribution is 5.88. The fourth-order valence-electron chi connectivity index (χ4n) is 4.75. The third kappa shape index (κ3) is 5.24. The molecule has 1 unspecified atom stereocenters. The van der Waals surface area contributed by atoms with Crippen LogP contribution in [0.3, 0.4) is 0 Å². The molecule has 1 aliphatic carbocycles. The maximum atomic E-state index is 13.5. The molecular formula is C26H32N2O5. The highest BCUT2D eigenvalue weighted by Crippen LogP contribution is 2.38. The molecule has 2 aromatic rings. The van der Waals surface area contributed by atoms with Gasteiger partial charge in [0.1, 0.15) is 12.6 Å². The van der Waals surface area contributed by atoms with Crippen LogP contribution in [0, 0.1) is 0 Å². The summed E-state index contributed by atoms with van der Waals surface area (Å²) in [5, 5.41) is 3.19. The average Bonchev–Trinajstić information content (AvgIpc) is 2.86. The van der Waals surface area contributed by atoms with Crippen LogP contribution in [0.5, 0.6) is 11.5 Å². The van der Waals surface area contributed by atoms with Crippen molar-refractivity contribution in [3.8, 4) is 11.5 Å². The van der Waals surface area contributed by atoms with Crippen LogP contribution in [-0.4, -0.2) is 43.7 Å². The number of rotatable bonds is 6. The van der Waals surface area contributed by atoms with Crippen molar-refractivity contribution < 1.29 is 23.8 Å². The minimum Gasteiger partial charge on any atom is -0.493 e. The molecule has 1 saturated carbocycles. The molecule has 2 aromatic carbocycles. The fourth-order valence-corrected chi connectivity index (χ4v) is 4.75. The second kappa shape index (κ2) is 10.6. The smallest absolute Gasteiger partial charge is 0.411 e. The molecule has 33 heavy (non-hydrogen) atoms. The molecule has 0 bridgehead atoms. The molecule has 2 amide bonds. The Morgan fingerprint density at radius 2 is 1.70 bits per heavy atom. The number of hydrogen-bond donors (Lipinski definition) is 1. The number of fused-ring (bicyclic) bond motifs is 1. The van der Waals surface area contributed by atoms with Crippen LogP contribution in [0.15, 0.2) is 42.5 Å². The first-order valence-corrected chi connectivity index (χ1v) is 11.6. The van der Waals surface area contributed by atoms with Crippen LogP contribution in [0.4, 0.5) is 4.79 Å². The normalized spacial score (nSPS) is 18.2. The summed E-state index contributed by atoms with van der Waals surface area (Å²) >= 11 is 0. The van der Waals surface area contributed by atoms with Crippen LogP contribution in [0.2, 0.25) is 0 Å². The summed E-state index contributed by atoms with van der Waals surface area (Å²) in [6.07, 6.45) is 5.46. The van der Waals surface area contributed by atoms with Crippen molar-refractivity contribution in [3.63, 3.8) is 0 Å². The summed E-state index contributed by atoms with van der Waals surface area (Å²) in [4.78, 5) is 28.2. The van der Waals surface area contributed by atoms with Gasteiger partial charge in [0, 0.05) is 12.6 Å². The second-order valence-corrected chi connectivity index (χ2v) is 8.64. The molecular weight excluding hydrogens is 420 g/mol. The Labute approximate surface area is 195 Å². The second-order valence-electron chi connectivity index (χ2n) is 8.64. The molecule has 2 aliphatic rings. The molecule has 0 radical (unpaired) electrons. The summed E-state index contributed by atoms with van der Waals surface area (Å²) in [6, 6.07) is 12.6. The van der Waals surface area contributed by atoms with Gasteiger partial charge in [-0.3, -0.25) is 9.69 Å². The number of carbonyl (C=O) groups is 2. The summed E-state index contributed by atoms with van der Waals surface area (Å²) in [7, 11) is 3.16. The van der Waals surface area contributed by atoms with E-state index in [0.29, 0.717) is 24.5 Å². The van der Waals surface area contributed by atoms with Gasteiger partial charge in [0.2, 0.25) is 5.91 Å². The average molecular weight is 453 g/mol. The number of nitrogens with zero attached hydrogens (tertiary/aromatic N) is 1. The van der Waals surface area contributed by atoms with E-state index < -0.39 is 12.1 Å². The number of ether oxygens (including phenoxy) is 3. The molecule has 0 saturated heterocycles. The van der Waals surface area contributed by atoms with E-state index in [1.807, 2.05) is 42.5 Å². The molecule has 1 atom stereocenters. The van der Waals surface area contributed by atoms with Crippen molar-refractivity contribution in [3.05, 3.63) is 59.2 Å². The zero-order valence-electron chi connectivity index (χ0n) is 19.3. The number of hydrogen-bond acceptors (Lipinski definition) is 5. The zero-order valence-corrected chi connectivity index (χ0v) is 19.3. The lowest BCUT2D eigenvalue weighted by molar-refractivity contribution is -0.127. The Hall–Kier alpha value is -3.22. The van der Waals surface area contributed by atoms with Gasteiger partial charge in [-0.2, -0.15) is 0 Å². The minimum atomic E-state index is -0.779. The number of methoxy groups -OCH3 is 2. The Balaban J connectivity index is 1.60. The predicted molar refractivity (Wildman–Crippen MR) is 124 cm³/mol. The highest BCUT2D eigenvalue weighted by Gasteiger charge is 2.38. The van der Waals surface area contributed by atoms with Gasteiger partial charge in [-0.15, -0.1) is 0 Å². The predicted octanol–water partition coefficient (Wildman–Crippen LogP) is 4.39. The quantitative estimate of drug-likeness (QED) is 0.704. The lowest BCUT2D eigenvalue weighted by Crippen LogP contribution is -2.49. The summed E-state index contributed by atoms with van der Waals surface area (Å²) in [5.74, 6) is 0.973. The topological polar surface area (TPSA) is 77.1 Å². The van der Waals surface area contributed by atoms with Gasteiger partial charge in [0.15, 0.2) is 11.5 Å². The van der Waals surface area contributed by atoms with E-state index in [4.69, 9.17) is 14.2 Å². The van der Waals surface area contributed by atoms with Crippen molar-refractivity contribution in [1.82, 2.24) is 10.2 Å². The van der Waals surface area contributed by atoms with Gasteiger partial charge in [0.25, 0.3) is 0 Å². The van der Waals surface area contributed by atoms with Crippen molar-refractivity contribution in [2.45, 2.75) is 57.2 Å². The van der Waals surface area contributed by atoms with Gasteiger partial charge < -0.3 is 19.5 Å². The largest absolute Gasteiger partial charge is 0.493 e. The van der Waals surface area contributed by atoms with Crippen molar-refractivity contribution in [1.29, 1.82) is 0 Å². The van der Waals surface area contributed by atoms with Crippen LogP contribution < -0.4 is 14.8 Å². The standard InChI is InChI=1S/C26H32N2O5/c1-31-22-15-19-13-14-28(26(30)33-17-18-9-5-3-6-10-18)24(21(19)16-23(22)32-2)25(29)27-20-11-7-4-8-12-20/h3,5-6,9-10,15-16,20,24H,4,7-8,11-14,17H2,1-2H3,(H,27,29). The Morgan fingerprint density at radius 1 is 1.00 bits per heavy atom. The lowest BCUT2D eigenvalue weighted by Gasteiger charge is -2.37. The first-order chi connectivity index (χ1) is 16.1. The molecule has 1 heterocycles. The SMILES string of the molecule is COc1cc2c(cc1OC)C(C(=O)NC1CCCCC1)N(C(=O)OCc1ccccc1)CC2. The summed E-state index contributed by atoms with van der Waals surface area (Å²) in [5.41, 5.74) is 2.63. The monoisotopic (exact) mass is 452 g/mol. The summed E-state index contributed by atoms with van der Waals surface area (Å²) < 4.78 is 16.5. The Kier molecular flexibility index (Phi) is 7.37. The molecule has 1 fully saturated rings. The maximum absolute atomic E-state index is 13.5. The Morgan fingerprint density at radius 3 is 2.39 bits per heavy atom. The van der Waals surface area contributed by atoms with E-state index >= 15 is 0 Å². The van der Waals surface area contributed by atoms with Gasteiger partial charge in [0.05, 0.1) is 14.2 Å². The van der Waals surface area contributed by atoms with E-state index in [9.17, 15) is 9.59 Å². The molecule has 7 nitrogen and oxygen atoms in total. The van der Waals surface area contributed by atoms with Gasteiger partial charge in [-0.05, 0) is 48.1 Å². The third-order valence-electron chi connectivity index (χ3n) is 6.51. The number of benzene rings is 2. The van der Waals surface area contributed by atoms with E-state index in [0.717, 1.165) is 42.4 Å². The number of amides is 2. The van der Waals surface area contributed by atoms with Crippen molar-refractivity contribution in [2.75, 3.05) is 20.8 Å². The van der Waals surface area contributed by atoms with E-state index in [1.165, 1.54) is 11.3 Å². The zero-order chi connectivity index (χ0) is 23.2. The summed E-state index contributed by atoms with van der Waals surface area (Å²) in [6.45, 7) is 0.546. The molecule has 1 N–H and O–H groups in total. The van der Waals surface area contributed by atoms with Gasteiger partial charge in [-0.25, -0.2) is 4.79 Å². The molecule has 4 rings (SSSR count). The molecule has 176 valence electrons. The molecule has 0 spiro atoms. The first kappa shape index (κ1) is 23.0. The van der Waals surface area contributed by atoms with Gasteiger partial charge in [-0.1, -0.05) is 49.6 Å². The minimum absolute atomic E-state index is 0.138. The molecule has 1 aliphatic heterocycles. The Bertz CT molecular complexity index is 972. The van der Waals surface area contributed by atoms with E-state index in [1.54, 1.807) is 14.2 Å². The third-order valence-corrected chi connectivity index (χ3v) is 6.51. The van der Waals surface area contributed by atoms with Crippen molar-refractivity contribution in [2.24, 2.45) is 0 Å². The highest BCUT2D eigenvalue weighted by atomic mass is 16.6. The molecule has 7 heteroatoms. The molecule has 0 aromatic heterocycles. The number of carbonyl (C=O) groups excluding carboxylic acids is 2. The fraction of sp³-hybridized carbons (Fsp3) is 0.462. The van der Waals surface area contributed by atoms with Crippen LogP contribution in [0.1, 0.15) is 54.8 Å². The van der Waals surface area contributed by atoms with E-state index in [-0.39, 0.29) is 18.6 Å². The van der Waals surface area contributed by atoms with E-state index in [2.05, 4.69) is 5.32 Å². The van der Waals surface area contributed by atoms with Crippen LogP contribution in [0.25, 0.3) is 0 Å².